The number of hydrogen-bond donors (Lipinski definition) is 3. The highest BCUT2D eigenvalue weighted by Gasteiger charge is 2.25. The van der Waals surface area contributed by atoms with Gasteiger partial charge < -0.3 is 25.2 Å². The van der Waals surface area contributed by atoms with E-state index in [2.05, 4.69) is 27.8 Å². The van der Waals surface area contributed by atoms with E-state index in [1.165, 1.54) is 11.1 Å². The zero-order valence-corrected chi connectivity index (χ0v) is 16.3. The first-order valence-electron chi connectivity index (χ1n) is 10.2. The van der Waals surface area contributed by atoms with Gasteiger partial charge in [0, 0.05) is 49.8 Å². The summed E-state index contributed by atoms with van der Waals surface area (Å²) in [5.41, 5.74) is 2.97. The Labute approximate surface area is 170 Å². The molecule has 3 heterocycles. The van der Waals surface area contributed by atoms with Crippen LogP contribution in [-0.4, -0.2) is 54.0 Å². The van der Waals surface area contributed by atoms with Crippen molar-refractivity contribution in [1.82, 2.24) is 15.6 Å². The van der Waals surface area contributed by atoms with E-state index in [4.69, 9.17) is 9.47 Å². The molecule has 0 radical (unpaired) electrons. The number of ether oxygens (including phenoxy) is 2. The number of benzene rings is 1. The predicted molar refractivity (Wildman–Crippen MR) is 108 cm³/mol. The van der Waals surface area contributed by atoms with E-state index in [0.717, 1.165) is 25.8 Å². The van der Waals surface area contributed by atoms with Crippen molar-refractivity contribution in [3.8, 4) is 5.88 Å². The number of rotatable bonds is 6. The van der Waals surface area contributed by atoms with Crippen LogP contribution in [-0.2, 0) is 17.7 Å². The lowest BCUT2D eigenvalue weighted by Gasteiger charge is -2.30. The fraction of sp³-hybridized carbons (Fsp3) is 0.455. The minimum absolute atomic E-state index is 0.0663. The molecule has 7 heteroatoms. The molecule has 2 aliphatic rings. The van der Waals surface area contributed by atoms with Crippen LogP contribution in [0.1, 0.15) is 34.3 Å². The predicted octanol–water partition coefficient (Wildman–Crippen LogP) is 1.44. The maximum absolute atomic E-state index is 12.5. The molecule has 0 saturated carbocycles. The summed E-state index contributed by atoms with van der Waals surface area (Å²) in [7, 11) is 0. The van der Waals surface area contributed by atoms with Crippen LogP contribution in [0.25, 0.3) is 0 Å². The molecule has 2 aromatic rings. The van der Waals surface area contributed by atoms with Gasteiger partial charge in [0.2, 0.25) is 5.88 Å². The molecule has 2 aliphatic heterocycles. The first-order chi connectivity index (χ1) is 14.2. The first kappa shape index (κ1) is 19.8. The Bertz CT molecular complexity index is 838. The Morgan fingerprint density at radius 1 is 1.28 bits per heavy atom. The number of carbonyl (C=O) groups excluding carboxylic acids is 1. The molecule has 29 heavy (non-hydrogen) atoms. The summed E-state index contributed by atoms with van der Waals surface area (Å²) in [6.45, 7) is 2.27. The fourth-order valence-electron chi connectivity index (χ4n) is 3.77. The third-order valence-electron chi connectivity index (χ3n) is 5.50. The van der Waals surface area contributed by atoms with Gasteiger partial charge in [-0.05, 0) is 23.6 Å². The summed E-state index contributed by atoms with van der Waals surface area (Å²) >= 11 is 0. The topological polar surface area (TPSA) is 92.7 Å². The molecule has 3 N–H and O–H groups in total. The first-order valence-corrected chi connectivity index (χ1v) is 10.2. The van der Waals surface area contributed by atoms with Crippen LogP contribution < -0.4 is 15.4 Å². The normalized spacial score (nSPS) is 20.5. The smallest absolute Gasteiger partial charge is 0.251 e. The monoisotopic (exact) mass is 397 g/mol. The van der Waals surface area contributed by atoms with Crippen molar-refractivity contribution in [3.63, 3.8) is 0 Å². The minimum atomic E-state index is -0.674. The van der Waals surface area contributed by atoms with E-state index < -0.39 is 6.10 Å². The summed E-state index contributed by atoms with van der Waals surface area (Å²) in [5.74, 6) is 0.190. The minimum Gasteiger partial charge on any atom is -0.474 e. The molecular weight excluding hydrogens is 370 g/mol. The highest BCUT2D eigenvalue weighted by Crippen LogP contribution is 2.19. The maximum Gasteiger partial charge on any atom is 0.251 e. The largest absolute Gasteiger partial charge is 0.474 e. The maximum atomic E-state index is 12.5. The highest BCUT2D eigenvalue weighted by molar-refractivity contribution is 5.94. The lowest BCUT2D eigenvalue weighted by molar-refractivity contribution is 0.0237. The third-order valence-corrected chi connectivity index (χ3v) is 5.50. The van der Waals surface area contributed by atoms with E-state index in [1.54, 1.807) is 18.3 Å². The number of aliphatic hydroxyl groups excluding tert-OH is 1. The lowest BCUT2D eigenvalue weighted by atomic mass is 9.93. The van der Waals surface area contributed by atoms with Gasteiger partial charge in [-0.1, -0.05) is 24.3 Å². The average Bonchev–Trinajstić information content (AvgIpc) is 2.77. The molecule has 4 rings (SSSR count). The van der Waals surface area contributed by atoms with Crippen LogP contribution >= 0.6 is 0 Å². The van der Waals surface area contributed by atoms with Crippen molar-refractivity contribution in [2.75, 3.05) is 19.8 Å². The summed E-state index contributed by atoms with van der Waals surface area (Å²) in [6.07, 6.45) is 3.35. The third kappa shape index (κ3) is 5.12. The molecule has 154 valence electrons. The number of nitrogens with one attached hydrogen (secondary N) is 2. The second-order valence-corrected chi connectivity index (χ2v) is 7.55. The summed E-state index contributed by atoms with van der Waals surface area (Å²) in [4.78, 5) is 16.7. The molecule has 0 bridgehead atoms. The Morgan fingerprint density at radius 3 is 2.90 bits per heavy atom. The molecule has 0 aliphatic carbocycles. The van der Waals surface area contributed by atoms with Crippen molar-refractivity contribution in [2.45, 2.75) is 44.1 Å². The van der Waals surface area contributed by atoms with Crippen LogP contribution in [0.3, 0.4) is 0 Å². The molecule has 1 fully saturated rings. The van der Waals surface area contributed by atoms with E-state index in [-0.39, 0.29) is 24.6 Å². The quantitative estimate of drug-likeness (QED) is 0.683. The Morgan fingerprint density at radius 2 is 2.07 bits per heavy atom. The number of pyridine rings is 1. The SMILES string of the molecule is O=C(NCC(O)[C@@H]1Cc2ccccc2CN1)c1ccnc(OC2CCOCC2)c1. The standard InChI is InChI=1S/C22H27N3O4/c26-20(19-11-15-3-1-2-4-17(15)13-24-19)14-25-22(27)16-5-8-23-21(12-16)29-18-6-9-28-10-7-18/h1-5,8,12,18-20,24,26H,6-7,9-11,13-14H2,(H,25,27)/t19-,20?/m0/s1. The highest BCUT2D eigenvalue weighted by atomic mass is 16.5. The second kappa shape index (κ2) is 9.35. The zero-order valence-electron chi connectivity index (χ0n) is 16.3. The van der Waals surface area contributed by atoms with Crippen molar-refractivity contribution in [3.05, 3.63) is 59.3 Å². The fourth-order valence-corrected chi connectivity index (χ4v) is 3.77. The number of nitrogens with zero attached hydrogens (tertiary/aromatic N) is 1. The van der Waals surface area contributed by atoms with E-state index in [9.17, 15) is 9.90 Å². The van der Waals surface area contributed by atoms with Gasteiger partial charge in [-0.3, -0.25) is 4.79 Å². The van der Waals surface area contributed by atoms with E-state index in [1.807, 2.05) is 12.1 Å². The van der Waals surface area contributed by atoms with Crippen molar-refractivity contribution < 1.29 is 19.4 Å². The van der Waals surface area contributed by atoms with E-state index >= 15 is 0 Å². The van der Waals surface area contributed by atoms with Crippen LogP contribution in [0.4, 0.5) is 0 Å². The van der Waals surface area contributed by atoms with Crippen molar-refractivity contribution in [1.29, 1.82) is 0 Å². The van der Waals surface area contributed by atoms with Crippen molar-refractivity contribution in [2.24, 2.45) is 0 Å². The molecule has 1 amide bonds. The molecule has 1 saturated heterocycles. The molecule has 7 nitrogen and oxygen atoms in total. The van der Waals surface area contributed by atoms with E-state index in [0.29, 0.717) is 24.7 Å². The Kier molecular flexibility index (Phi) is 6.39. The number of amides is 1. The van der Waals surface area contributed by atoms with Gasteiger partial charge in [0.25, 0.3) is 5.91 Å². The Hall–Kier alpha value is -2.48. The average molecular weight is 397 g/mol. The van der Waals surface area contributed by atoms with Crippen LogP contribution in [0, 0.1) is 0 Å². The molecule has 0 spiro atoms. The van der Waals surface area contributed by atoms with Gasteiger partial charge in [0.05, 0.1) is 19.3 Å². The number of aliphatic hydroxyl groups is 1. The van der Waals surface area contributed by atoms with Gasteiger partial charge in [-0.15, -0.1) is 0 Å². The van der Waals surface area contributed by atoms with Crippen molar-refractivity contribution >= 4 is 5.91 Å². The molecule has 1 aromatic heterocycles. The molecule has 2 atom stereocenters. The summed E-state index contributed by atoms with van der Waals surface area (Å²) in [6, 6.07) is 11.4. The van der Waals surface area contributed by atoms with Gasteiger partial charge in [0.1, 0.15) is 6.10 Å². The number of carbonyl (C=O) groups is 1. The van der Waals surface area contributed by atoms with Gasteiger partial charge in [-0.25, -0.2) is 4.98 Å². The van der Waals surface area contributed by atoms with Crippen LogP contribution in [0.5, 0.6) is 5.88 Å². The number of fused-ring (bicyclic) bond motifs is 1. The summed E-state index contributed by atoms with van der Waals surface area (Å²) < 4.78 is 11.2. The zero-order chi connectivity index (χ0) is 20.1. The molecule has 1 aromatic carbocycles. The number of aromatic nitrogens is 1. The number of hydrogen-bond acceptors (Lipinski definition) is 6. The second-order valence-electron chi connectivity index (χ2n) is 7.55. The van der Waals surface area contributed by atoms with Gasteiger partial charge >= 0.3 is 0 Å². The summed E-state index contributed by atoms with van der Waals surface area (Å²) in [5, 5.41) is 16.7. The van der Waals surface area contributed by atoms with Gasteiger partial charge in [-0.2, -0.15) is 0 Å². The molecular formula is C22H27N3O4. The van der Waals surface area contributed by atoms with Crippen LogP contribution in [0.2, 0.25) is 0 Å². The molecule has 1 unspecified atom stereocenters. The lowest BCUT2D eigenvalue weighted by Crippen LogP contribution is -2.49. The van der Waals surface area contributed by atoms with Crippen LogP contribution in [0.15, 0.2) is 42.6 Å². The van der Waals surface area contributed by atoms with Gasteiger partial charge in [0.15, 0.2) is 0 Å². The Balaban J connectivity index is 1.30.